The summed E-state index contributed by atoms with van der Waals surface area (Å²) in [6.45, 7) is 1.90. The number of hydrazine groups is 1. The molecule has 0 radical (unpaired) electrons. The summed E-state index contributed by atoms with van der Waals surface area (Å²) in [5.41, 5.74) is 1.39. The molecule has 0 bridgehead atoms. The van der Waals surface area contributed by atoms with Gasteiger partial charge in [0.1, 0.15) is 5.88 Å². The Labute approximate surface area is 92.6 Å². The Bertz CT molecular complexity index is 376. The van der Waals surface area contributed by atoms with Gasteiger partial charge in [-0.2, -0.15) is 0 Å². The van der Waals surface area contributed by atoms with Crippen LogP contribution in [0.2, 0.25) is 0 Å². The first-order chi connectivity index (χ1) is 7.06. The molecule has 0 aliphatic carbocycles. The van der Waals surface area contributed by atoms with Gasteiger partial charge in [-0.05, 0) is 19.1 Å². The Kier molecular flexibility index (Phi) is 3.82. The number of hydrogen-bond donors (Lipinski definition) is 1. The lowest BCUT2D eigenvalue weighted by Crippen LogP contribution is -2.43. The van der Waals surface area contributed by atoms with Crippen LogP contribution in [0.3, 0.4) is 0 Å². The summed E-state index contributed by atoms with van der Waals surface area (Å²) in [6, 6.07) is 6.76. The van der Waals surface area contributed by atoms with E-state index >= 15 is 0 Å². The molecular formula is C10H11ClN2O2. The van der Waals surface area contributed by atoms with Crippen molar-refractivity contribution < 1.29 is 9.59 Å². The minimum Gasteiger partial charge on any atom is -0.272 e. The van der Waals surface area contributed by atoms with Gasteiger partial charge in [-0.15, -0.1) is 11.6 Å². The van der Waals surface area contributed by atoms with Crippen LogP contribution in [0.1, 0.15) is 15.9 Å². The maximum absolute atomic E-state index is 11.6. The number of hydrogen-bond acceptors (Lipinski definition) is 3. The molecule has 5 heteroatoms. The average Bonchev–Trinajstić information content (AvgIpc) is 2.27. The third-order valence-corrected chi connectivity index (χ3v) is 2.13. The molecule has 1 aromatic carbocycles. The molecule has 0 saturated heterocycles. The lowest BCUT2D eigenvalue weighted by atomic mass is 10.1. The summed E-state index contributed by atoms with van der Waals surface area (Å²) in [4.78, 5) is 22.6. The fourth-order valence-corrected chi connectivity index (χ4v) is 1.14. The maximum Gasteiger partial charge on any atom is 0.274 e. The first-order valence-corrected chi connectivity index (χ1v) is 4.84. The molecule has 0 spiro atoms. The number of aryl methyl sites for hydroxylation is 1. The van der Waals surface area contributed by atoms with Crippen LogP contribution >= 0.6 is 11.6 Å². The fourth-order valence-electron chi connectivity index (χ4n) is 1.01. The maximum atomic E-state index is 11.6. The summed E-state index contributed by atoms with van der Waals surface area (Å²) in [6.07, 6.45) is 0. The van der Waals surface area contributed by atoms with Crippen LogP contribution < -0.4 is 5.84 Å². The minimum atomic E-state index is -0.623. The Balaban J connectivity index is 2.85. The second-order valence-corrected chi connectivity index (χ2v) is 3.34. The van der Waals surface area contributed by atoms with E-state index in [4.69, 9.17) is 17.4 Å². The predicted molar refractivity (Wildman–Crippen MR) is 57.3 cm³/mol. The number of amides is 2. The molecule has 1 rings (SSSR count). The standard InChI is InChI=1S/C10H11ClN2O2/c1-7-2-4-8(5-3-7)10(15)13(12)9(14)6-11/h2-5H,6,12H2,1H3. The van der Waals surface area contributed by atoms with E-state index in [1.165, 1.54) is 0 Å². The molecule has 0 unspecified atom stereocenters. The lowest BCUT2D eigenvalue weighted by Gasteiger charge is -2.12. The number of nitrogens with zero attached hydrogens (tertiary/aromatic N) is 1. The van der Waals surface area contributed by atoms with Crippen LogP contribution in [0, 0.1) is 6.92 Å². The third-order valence-electron chi connectivity index (χ3n) is 1.90. The molecule has 15 heavy (non-hydrogen) atoms. The zero-order valence-electron chi connectivity index (χ0n) is 8.24. The van der Waals surface area contributed by atoms with E-state index in [-0.39, 0.29) is 5.88 Å². The molecule has 2 amide bonds. The molecule has 2 N–H and O–H groups in total. The Morgan fingerprint density at radius 1 is 1.33 bits per heavy atom. The molecule has 1 aromatic rings. The second-order valence-electron chi connectivity index (χ2n) is 3.07. The van der Waals surface area contributed by atoms with Crippen molar-refractivity contribution in [3.63, 3.8) is 0 Å². The summed E-state index contributed by atoms with van der Waals surface area (Å²) in [5.74, 6) is 3.80. The lowest BCUT2D eigenvalue weighted by molar-refractivity contribution is -0.126. The summed E-state index contributed by atoms with van der Waals surface area (Å²) < 4.78 is 0. The molecule has 0 aromatic heterocycles. The van der Waals surface area contributed by atoms with Crippen molar-refractivity contribution in [2.75, 3.05) is 5.88 Å². The quantitative estimate of drug-likeness (QED) is 0.355. The summed E-state index contributed by atoms with van der Waals surface area (Å²) >= 11 is 5.28. The average molecular weight is 227 g/mol. The summed E-state index contributed by atoms with van der Waals surface area (Å²) in [5, 5.41) is 0.525. The number of rotatable bonds is 2. The zero-order chi connectivity index (χ0) is 11.4. The topological polar surface area (TPSA) is 63.4 Å². The van der Waals surface area contributed by atoms with Gasteiger partial charge in [0, 0.05) is 5.56 Å². The zero-order valence-corrected chi connectivity index (χ0v) is 8.99. The van der Waals surface area contributed by atoms with Crippen molar-refractivity contribution in [2.24, 2.45) is 5.84 Å². The fraction of sp³-hybridized carbons (Fsp3) is 0.200. The molecule has 4 nitrogen and oxygen atoms in total. The number of nitrogens with two attached hydrogens (primary N) is 1. The van der Waals surface area contributed by atoms with Gasteiger partial charge in [-0.25, -0.2) is 10.9 Å². The number of benzene rings is 1. The van der Waals surface area contributed by atoms with Gasteiger partial charge in [0.05, 0.1) is 0 Å². The monoisotopic (exact) mass is 226 g/mol. The highest BCUT2D eigenvalue weighted by Crippen LogP contribution is 2.05. The number of imide groups is 1. The van der Waals surface area contributed by atoms with Crippen molar-refractivity contribution >= 4 is 23.4 Å². The van der Waals surface area contributed by atoms with Crippen molar-refractivity contribution in [1.29, 1.82) is 0 Å². The van der Waals surface area contributed by atoms with Crippen LogP contribution in [-0.2, 0) is 4.79 Å². The van der Waals surface area contributed by atoms with Crippen LogP contribution in [0.25, 0.3) is 0 Å². The molecular weight excluding hydrogens is 216 g/mol. The molecule has 0 saturated carbocycles. The van der Waals surface area contributed by atoms with E-state index in [1.54, 1.807) is 24.3 Å². The second kappa shape index (κ2) is 4.91. The number of carbonyl (C=O) groups excluding carboxylic acids is 2. The third kappa shape index (κ3) is 2.78. The van der Waals surface area contributed by atoms with Gasteiger partial charge < -0.3 is 0 Å². The normalized spacial score (nSPS) is 9.80. The Morgan fingerprint density at radius 3 is 2.33 bits per heavy atom. The van der Waals surface area contributed by atoms with E-state index < -0.39 is 11.8 Å². The Hall–Kier alpha value is -1.39. The molecule has 0 fully saturated rings. The molecule has 0 heterocycles. The van der Waals surface area contributed by atoms with Crippen LogP contribution in [0.4, 0.5) is 0 Å². The van der Waals surface area contributed by atoms with Gasteiger partial charge in [-0.3, -0.25) is 9.59 Å². The van der Waals surface area contributed by atoms with Crippen LogP contribution in [-0.4, -0.2) is 22.7 Å². The first-order valence-electron chi connectivity index (χ1n) is 4.31. The van der Waals surface area contributed by atoms with Gasteiger partial charge in [0.15, 0.2) is 0 Å². The largest absolute Gasteiger partial charge is 0.274 e. The van der Waals surface area contributed by atoms with Gasteiger partial charge in [-0.1, -0.05) is 17.7 Å². The van der Waals surface area contributed by atoms with Crippen LogP contribution in [0.5, 0.6) is 0 Å². The first kappa shape index (κ1) is 11.7. The number of halogens is 1. The van der Waals surface area contributed by atoms with Gasteiger partial charge in [0.25, 0.3) is 11.8 Å². The van der Waals surface area contributed by atoms with Gasteiger partial charge in [0.2, 0.25) is 0 Å². The van der Waals surface area contributed by atoms with Crippen molar-refractivity contribution in [3.8, 4) is 0 Å². The van der Waals surface area contributed by atoms with Gasteiger partial charge >= 0.3 is 0 Å². The van der Waals surface area contributed by atoms with Crippen LogP contribution in [0.15, 0.2) is 24.3 Å². The molecule has 0 atom stereocenters. The molecule has 0 aliphatic rings. The van der Waals surface area contributed by atoms with E-state index in [9.17, 15) is 9.59 Å². The Morgan fingerprint density at radius 2 is 1.87 bits per heavy atom. The van der Waals surface area contributed by atoms with Crippen molar-refractivity contribution in [2.45, 2.75) is 6.92 Å². The SMILES string of the molecule is Cc1ccc(C(=O)N(N)C(=O)CCl)cc1. The minimum absolute atomic E-state index is 0.311. The molecule has 80 valence electrons. The van der Waals surface area contributed by atoms with Crippen molar-refractivity contribution in [1.82, 2.24) is 5.01 Å². The highest BCUT2D eigenvalue weighted by molar-refractivity contribution is 6.28. The smallest absolute Gasteiger partial charge is 0.272 e. The van der Waals surface area contributed by atoms with E-state index in [0.717, 1.165) is 5.56 Å². The van der Waals surface area contributed by atoms with E-state index in [0.29, 0.717) is 10.6 Å². The van der Waals surface area contributed by atoms with Crippen molar-refractivity contribution in [3.05, 3.63) is 35.4 Å². The molecule has 0 aliphatic heterocycles. The summed E-state index contributed by atoms with van der Waals surface area (Å²) in [7, 11) is 0. The van der Waals surface area contributed by atoms with E-state index in [2.05, 4.69) is 0 Å². The number of carbonyl (C=O) groups is 2. The highest BCUT2D eigenvalue weighted by Gasteiger charge is 2.17. The number of alkyl halides is 1. The predicted octanol–water partition coefficient (Wildman–Crippen LogP) is 1.08. The van der Waals surface area contributed by atoms with E-state index in [1.807, 2.05) is 6.92 Å². The highest BCUT2D eigenvalue weighted by atomic mass is 35.5.